The number of para-hydroxylation sites is 1. The van der Waals surface area contributed by atoms with Crippen molar-refractivity contribution in [1.82, 2.24) is 0 Å². The van der Waals surface area contributed by atoms with Gasteiger partial charge in [0.2, 0.25) is 0 Å². The number of amides is 2. The van der Waals surface area contributed by atoms with Gasteiger partial charge in [-0.3, -0.25) is 0 Å². The zero-order chi connectivity index (χ0) is 15.2. The molecule has 4 nitrogen and oxygen atoms in total. The summed E-state index contributed by atoms with van der Waals surface area (Å²) in [5.41, 5.74) is 2.49. The number of nitrogens with one attached hydrogen (secondary N) is 2. The summed E-state index contributed by atoms with van der Waals surface area (Å²) < 4.78 is 5.07. The van der Waals surface area contributed by atoms with E-state index < -0.39 is 0 Å². The van der Waals surface area contributed by atoms with Gasteiger partial charge in [0, 0.05) is 11.4 Å². The number of halogens is 1. The normalized spacial score (nSPS) is 10.0. The monoisotopic (exact) mass is 304 g/mol. The van der Waals surface area contributed by atoms with Crippen LogP contribution >= 0.6 is 11.6 Å². The Labute approximate surface area is 129 Å². The van der Waals surface area contributed by atoms with Crippen LogP contribution in [0.15, 0.2) is 42.5 Å². The van der Waals surface area contributed by atoms with Crippen LogP contribution in [0.5, 0.6) is 5.75 Å². The first-order chi connectivity index (χ1) is 10.1. The molecule has 0 aliphatic heterocycles. The van der Waals surface area contributed by atoms with Crippen LogP contribution in [-0.2, 0) is 6.42 Å². The van der Waals surface area contributed by atoms with E-state index in [2.05, 4.69) is 10.6 Å². The van der Waals surface area contributed by atoms with Crippen LogP contribution < -0.4 is 15.4 Å². The third-order valence-corrected chi connectivity index (χ3v) is 3.35. The van der Waals surface area contributed by atoms with E-state index in [4.69, 9.17) is 16.3 Å². The average Bonchev–Trinajstić information content (AvgIpc) is 2.48. The van der Waals surface area contributed by atoms with E-state index in [9.17, 15) is 4.79 Å². The standard InChI is InChI=1S/C16H17ClN2O2/c1-3-11-6-4-5-7-14(11)19-16(20)18-12-8-9-15(21-2)13(17)10-12/h4-10H,3H2,1-2H3,(H2,18,19,20). The lowest BCUT2D eigenvalue weighted by molar-refractivity contribution is 0.262. The van der Waals surface area contributed by atoms with Gasteiger partial charge in [0.25, 0.3) is 0 Å². The van der Waals surface area contributed by atoms with Crippen molar-refractivity contribution in [3.8, 4) is 5.75 Å². The molecule has 0 aromatic heterocycles. The van der Waals surface area contributed by atoms with Crippen LogP contribution in [0.2, 0.25) is 5.02 Å². The van der Waals surface area contributed by atoms with Crippen LogP contribution in [0.25, 0.3) is 0 Å². The number of hydrogen-bond acceptors (Lipinski definition) is 2. The summed E-state index contributed by atoms with van der Waals surface area (Å²) in [6, 6.07) is 12.5. The van der Waals surface area contributed by atoms with Crippen LogP contribution in [0.3, 0.4) is 0 Å². The molecule has 0 aliphatic carbocycles. The lowest BCUT2D eigenvalue weighted by Crippen LogP contribution is -2.20. The molecule has 110 valence electrons. The highest BCUT2D eigenvalue weighted by atomic mass is 35.5. The largest absolute Gasteiger partial charge is 0.495 e. The second-order valence-electron chi connectivity index (χ2n) is 4.44. The zero-order valence-electron chi connectivity index (χ0n) is 11.9. The van der Waals surface area contributed by atoms with E-state index in [0.717, 1.165) is 17.7 Å². The molecule has 0 spiro atoms. The van der Waals surface area contributed by atoms with Gasteiger partial charge >= 0.3 is 6.03 Å². The van der Waals surface area contributed by atoms with Crippen molar-refractivity contribution in [2.45, 2.75) is 13.3 Å². The highest BCUT2D eigenvalue weighted by Gasteiger charge is 2.07. The molecule has 21 heavy (non-hydrogen) atoms. The highest BCUT2D eigenvalue weighted by Crippen LogP contribution is 2.27. The van der Waals surface area contributed by atoms with Crippen LogP contribution in [0.1, 0.15) is 12.5 Å². The number of rotatable bonds is 4. The molecular formula is C16H17ClN2O2. The summed E-state index contributed by atoms with van der Waals surface area (Å²) in [6.45, 7) is 2.04. The second kappa shape index (κ2) is 6.99. The molecule has 0 radical (unpaired) electrons. The number of hydrogen-bond donors (Lipinski definition) is 2. The predicted octanol–water partition coefficient (Wildman–Crippen LogP) is 4.56. The van der Waals surface area contributed by atoms with Gasteiger partial charge < -0.3 is 15.4 Å². The van der Waals surface area contributed by atoms with Gasteiger partial charge in [0.1, 0.15) is 5.75 Å². The molecule has 2 amide bonds. The van der Waals surface area contributed by atoms with Gasteiger partial charge in [0.05, 0.1) is 12.1 Å². The van der Waals surface area contributed by atoms with Crippen molar-refractivity contribution in [2.24, 2.45) is 0 Å². The van der Waals surface area contributed by atoms with Crippen molar-refractivity contribution in [2.75, 3.05) is 17.7 Å². The number of benzene rings is 2. The molecule has 2 aromatic carbocycles. The first kappa shape index (κ1) is 15.2. The summed E-state index contributed by atoms with van der Waals surface area (Å²) in [7, 11) is 1.54. The van der Waals surface area contributed by atoms with Gasteiger partial charge in [0.15, 0.2) is 0 Å². The summed E-state index contributed by atoms with van der Waals surface area (Å²) in [6.07, 6.45) is 0.852. The van der Waals surface area contributed by atoms with Crippen molar-refractivity contribution in [1.29, 1.82) is 0 Å². The Hall–Kier alpha value is -2.20. The third-order valence-electron chi connectivity index (χ3n) is 3.06. The van der Waals surface area contributed by atoms with Crippen LogP contribution in [0.4, 0.5) is 16.2 Å². The lowest BCUT2D eigenvalue weighted by Gasteiger charge is -2.11. The number of aryl methyl sites for hydroxylation is 1. The lowest BCUT2D eigenvalue weighted by atomic mass is 10.1. The highest BCUT2D eigenvalue weighted by molar-refractivity contribution is 6.32. The van der Waals surface area contributed by atoms with E-state index in [-0.39, 0.29) is 6.03 Å². The molecule has 2 aromatic rings. The SMILES string of the molecule is CCc1ccccc1NC(=O)Nc1ccc(OC)c(Cl)c1. The van der Waals surface area contributed by atoms with Gasteiger partial charge in [-0.05, 0) is 36.2 Å². The van der Waals surface area contributed by atoms with Crippen LogP contribution in [-0.4, -0.2) is 13.1 Å². The minimum atomic E-state index is -0.308. The van der Waals surface area contributed by atoms with E-state index in [0.29, 0.717) is 16.5 Å². The number of anilines is 2. The van der Waals surface area contributed by atoms with Crippen molar-refractivity contribution >= 4 is 29.0 Å². The van der Waals surface area contributed by atoms with Crippen molar-refractivity contribution in [3.63, 3.8) is 0 Å². The molecule has 0 aliphatic rings. The summed E-state index contributed by atoms with van der Waals surface area (Å²) in [5.74, 6) is 0.568. The average molecular weight is 305 g/mol. The first-order valence-corrected chi connectivity index (χ1v) is 7.01. The molecular weight excluding hydrogens is 288 g/mol. The molecule has 0 saturated carbocycles. The third kappa shape index (κ3) is 3.89. The Balaban J connectivity index is 2.06. The van der Waals surface area contributed by atoms with Gasteiger partial charge in [-0.2, -0.15) is 0 Å². The zero-order valence-corrected chi connectivity index (χ0v) is 12.7. The van der Waals surface area contributed by atoms with Crippen LogP contribution in [0, 0.1) is 0 Å². The van der Waals surface area contributed by atoms with Gasteiger partial charge in [-0.1, -0.05) is 36.7 Å². The van der Waals surface area contributed by atoms with E-state index >= 15 is 0 Å². The smallest absolute Gasteiger partial charge is 0.323 e. The summed E-state index contributed by atoms with van der Waals surface area (Å²) >= 11 is 6.02. The Kier molecular flexibility index (Phi) is 5.06. The topological polar surface area (TPSA) is 50.4 Å². The fourth-order valence-corrected chi connectivity index (χ4v) is 2.24. The quantitative estimate of drug-likeness (QED) is 0.870. The number of methoxy groups -OCH3 is 1. The summed E-state index contributed by atoms with van der Waals surface area (Å²) in [4.78, 5) is 12.0. The minimum absolute atomic E-state index is 0.308. The molecule has 0 unspecified atom stereocenters. The number of carbonyl (C=O) groups excluding carboxylic acids is 1. The number of ether oxygens (including phenoxy) is 1. The maximum Gasteiger partial charge on any atom is 0.323 e. The molecule has 0 fully saturated rings. The van der Waals surface area contributed by atoms with Gasteiger partial charge in [-0.15, -0.1) is 0 Å². The summed E-state index contributed by atoms with van der Waals surface area (Å²) in [5, 5.41) is 6.03. The Morgan fingerprint density at radius 3 is 2.62 bits per heavy atom. The van der Waals surface area contributed by atoms with E-state index in [1.807, 2.05) is 31.2 Å². The number of carbonyl (C=O) groups is 1. The molecule has 2 N–H and O–H groups in total. The fourth-order valence-electron chi connectivity index (χ4n) is 1.98. The van der Waals surface area contributed by atoms with Crippen molar-refractivity contribution in [3.05, 3.63) is 53.1 Å². The molecule has 5 heteroatoms. The number of urea groups is 1. The predicted molar refractivity (Wildman–Crippen MR) is 86.5 cm³/mol. The fraction of sp³-hybridized carbons (Fsp3) is 0.188. The first-order valence-electron chi connectivity index (χ1n) is 6.63. The molecule has 0 saturated heterocycles. The van der Waals surface area contributed by atoms with Crippen molar-refractivity contribution < 1.29 is 9.53 Å². The maximum absolute atomic E-state index is 12.0. The Bertz CT molecular complexity index is 644. The van der Waals surface area contributed by atoms with Gasteiger partial charge in [-0.25, -0.2) is 4.79 Å². The molecule has 2 rings (SSSR count). The molecule has 0 atom stereocenters. The van der Waals surface area contributed by atoms with E-state index in [1.165, 1.54) is 0 Å². The molecule has 0 bridgehead atoms. The molecule has 0 heterocycles. The van der Waals surface area contributed by atoms with E-state index in [1.54, 1.807) is 25.3 Å². The second-order valence-corrected chi connectivity index (χ2v) is 4.85. The minimum Gasteiger partial charge on any atom is -0.495 e. The maximum atomic E-state index is 12.0. The Morgan fingerprint density at radius 2 is 1.95 bits per heavy atom. The Morgan fingerprint density at radius 1 is 1.19 bits per heavy atom.